The molecule has 1 saturated heterocycles. The second-order valence-electron chi connectivity index (χ2n) is 2.90. The number of ether oxygens (including phenoxy) is 2. The van der Waals surface area contributed by atoms with E-state index < -0.39 is 18.1 Å². The molecule has 1 atom stereocenters. The van der Waals surface area contributed by atoms with Crippen LogP contribution in [-0.2, 0) is 14.3 Å². The molecule has 0 aromatic heterocycles. The van der Waals surface area contributed by atoms with E-state index in [0.29, 0.717) is 19.8 Å². The fourth-order valence-corrected chi connectivity index (χ4v) is 1.23. The fraction of sp³-hybridized carbons (Fsp3) is 0.750. The zero-order valence-corrected chi connectivity index (χ0v) is 8.06. The summed E-state index contributed by atoms with van der Waals surface area (Å²) < 4.78 is 9.92. The number of hydrogen-bond donors (Lipinski definition) is 1. The van der Waals surface area contributed by atoms with Crippen molar-refractivity contribution in [1.82, 2.24) is 4.90 Å². The Hall–Kier alpha value is -1.30. The number of esters is 1. The van der Waals surface area contributed by atoms with Crippen LogP contribution in [0.15, 0.2) is 0 Å². The molecular weight excluding hydrogens is 188 g/mol. The summed E-state index contributed by atoms with van der Waals surface area (Å²) in [4.78, 5) is 23.4. The summed E-state index contributed by atoms with van der Waals surface area (Å²) in [6, 6.07) is -0.539. The average molecular weight is 202 g/mol. The third-order valence-electron chi connectivity index (χ3n) is 1.93. The lowest BCUT2D eigenvalue weighted by molar-refractivity contribution is -0.160. The van der Waals surface area contributed by atoms with Crippen LogP contribution in [-0.4, -0.2) is 49.3 Å². The van der Waals surface area contributed by atoms with Crippen molar-refractivity contribution < 1.29 is 19.1 Å². The van der Waals surface area contributed by atoms with Crippen LogP contribution in [0.2, 0.25) is 0 Å². The topological polar surface area (TPSA) is 81.9 Å². The van der Waals surface area contributed by atoms with Crippen LogP contribution in [0.4, 0.5) is 4.79 Å². The first-order chi connectivity index (χ1) is 6.65. The number of carbonyl (C=O) groups excluding carboxylic acids is 2. The van der Waals surface area contributed by atoms with Gasteiger partial charge in [0.15, 0.2) is 6.10 Å². The Kier molecular flexibility index (Phi) is 3.70. The molecule has 6 nitrogen and oxygen atoms in total. The molecule has 0 bridgehead atoms. The summed E-state index contributed by atoms with van der Waals surface area (Å²) >= 11 is 0. The Balaban J connectivity index is 2.47. The molecule has 1 rings (SSSR count). The molecule has 0 spiro atoms. The Morgan fingerprint density at radius 3 is 2.93 bits per heavy atom. The van der Waals surface area contributed by atoms with Crippen molar-refractivity contribution in [3.63, 3.8) is 0 Å². The molecule has 1 aliphatic rings. The monoisotopic (exact) mass is 202 g/mol. The van der Waals surface area contributed by atoms with Gasteiger partial charge in [-0.15, -0.1) is 0 Å². The number of nitrogens with two attached hydrogens (primary N) is 1. The number of urea groups is 1. The van der Waals surface area contributed by atoms with E-state index in [9.17, 15) is 9.59 Å². The molecule has 6 heteroatoms. The lowest BCUT2D eigenvalue weighted by Crippen LogP contribution is -2.50. The minimum atomic E-state index is -0.698. The van der Waals surface area contributed by atoms with Gasteiger partial charge in [0.05, 0.1) is 19.8 Å². The van der Waals surface area contributed by atoms with Gasteiger partial charge in [0.2, 0.25) is 0 Å². The van der Waals surface area contributed by atoms with Gasteiger partial charge in [-0.3, -0.25) is 0 Å². The minimum absolute atomic E-state index is 0.175. The summed E-state index contributed by atoms with van der Waals surface area (Å²) in [7, 11) is 0. The number of nitrogens with zero attached hydrogens (tertiary/aromatic N) is 1. The Morgan fingerprint density at radius 1 is 1.64 bits per heavy atom. The fourth-order valence-electron chi connectivity index (χ4n) is 1.23. The van der Waals surface area contributed by atoms with E-state index in [1.54, 1.807) is 6.92 Å². The first-order valence-electron chi connectivity index (χ1n) is 4.47. The molecule has 2 N–H and O–H groups in total. The van der Waals surface area contributed by atoms with Gasteiger partial charge in [-0.1, -0.05) is 0 Å². The van der Waals surface area contributed by atoms with Gasteiger partial charge in [-0.05, 0) is 6.92 Å². The van der Waals surface area contributed by atoms with Crippen LogP contribution in [0, 0.1) is 0 Å². The molecule has 0 radical (unpaired) electrons. The molecule has 0 aliphatic carbocycles. The van der Waals surface area contributed by atoms with Gasteiger partial charge in [0.1, 0.15) is 0 Å². The Bertz CT molecular complexity index is 231. The summed E-state index contributed by atoms with van der Waals surface area (Å²) in [5, 5.41) is 0. The molecule has 80 valence electrons. The lowest BCUT2D eigenvalue weighted by Gasteiger charge is -2.30. The van der Waals surface area contributed by atoms with E-state index >= 15 is 0 Å². The van der Waals surface area contributed by atoms with E-state index in [2.05, 4.69) is 0 Å². The molecule has 0 saturated carbocycles. The number of morpholine rings is 1. The highest BCUT2D eigenvalue weighted by Gasteiger charge is 2.29. The molecule has 1 heterocycles. The maximum Gasteiger partial charge on any atom is 0.337 e. The predicted molar refractivity (Wildman–Crippen MR) is 47.5 cm³/mol. The van der Waals surface area contributed by atoms with E-state index in [-0.39, 0.29) is 6.54 Å². The SMILES string of the molecule is CCOC(=O)C1CN(C(N)=O)CCO1. The standard InChI is InChI=1S/C8H14N2O4/c1-2-13-7(11)6-5-10(8(9)12)3-4-14-6/h6H,2-5H2,1H3,(H2,9,12). The molecule has 0 aromatic carbocycles. The Morgan fingerprint density at radius 2 is 2.36 bits per heavy atom. The highest BCUT2D eigenvalue weighted by Crippen LogP contribution is 2.06. The Labute approximate surface area is 81.9 Å². The van der Waals surface area contributed by atoms with Crippen molar-refractivity contribution >= 4 is 12.0 Å². The third-order valence-corrected chi connectivity index (χ3v) is 1.93. The van der Waals surface area contributed by atoms with Gasteiger partial charge in [-0.25, -0.2) is 9.59 Å². The molecule has 1 aliphatic heterocycles. The smallest absolute Gasteiger partial charge is 0.337 e. The van der Waals surface area contributed by atoms with Crippen LogP contribution in [0.25, 0.3) is 0 Å². The van der Waals surface area contributed by atoms with E-state index in [4.69, 9.17) is 15.2 Å². The second kappa shape index (κ2) is 4.80. The average Bonchev–Trinajstić information content (AvgIpc) is 2.18. The maximum atomic E-state index is 11.2. The molecule has 1 unspecified atom stereocenters. The lowest BCUT2D eigenvalue weighted by atomic mass is 10.3. The zero-order chi connectivity index (χ0) is 10.6. The summed E-state index contributed by atoms with van der Waals surface area (Å²) in [5.74, 6) is -0.446. The molecule has 2 amide bonds. The minimum Gasteiger partial charge on any atom is -0.464 e. The quantitative estimate of drug-likeness (QED) is 0.602. The van der Waals surface area contributed by atoms with Crippen LogP contribution in [0.5, 0.6) is 0 Å². The number of carbonyl (C=O) groups is 2. The van der Waals surface area contributed by atoms with Crippen LogP contribution >= 0.6 is 0 Å². The van der Waals surface area contributed by atoms with Gasteiger partial charge < -0.3 is 20.1 Å². The number of primary amides is 1. The third kappa shape index (κ3) is 2.59. The number of amides is 2. The summed E-state index contributed by atoms with van der Waals surface area (Å²) in [6.07, 6.45) is -0.698. The molecule has 14 heavy (non-hydrogen) atoms. The zero-order valence-electron chi connectivity index (χ0n) is 8.06. The summed E-state index contributed by atoms with van der Waals surface area (Å²) in [5.41, 5.74) is 5.08. The number of hydrogen-bond acceptors (Lipinski definition) is 4. The van der Waals surface area contributed by atoms with E-state index in [1.807, 2.05) is 0 Å². The van der Waals surface area contributed by atoms with Crippen molar-refractivity contribution in [2.24, 2.45) is 5.73 Å². The van der Waals surface area contributed by atoms with Crippen molar-refractivity contribution in [2.45, 2.75) is 13.0 Å². The van der Waals surface area contributed by atoms with Gasteiger partial charge in [-0.2, -0.15) is 0 Å². The largest absolute Gasteiger partial charge is 0.464 e. The highest BCUT2D eigenvalue weighted by molar-refractivity contribution is 5.77. The molecular formula is C8H14N2O4. The number of rotatable bonds is 2. The molecule has 0 aromatic rings. The molecule has 1 fully saturated rings. The second-order valence-corrected chi connectivity index (χ2v) is 2.90. The van der Waals surface area contributed by atoms with Crippen molar-refractivity contribution in [2.75, 3.05) is 26.3 Å². The first kappa shape index (κ1) is 10.8. The van der Waals surface area contributed by atoms with Crippen LogP contribution < -0.4 is 5.73 Å². The van der Waals surface area contributed by atoms with Gasteiger partial charge in [0.25, 0.3) is 0 Å². The first-order valence-corrected chi connectivity index (χ1v) is 4.47. The van der Waals surface area contributed by atoms with Crippen molar-refractivity contribution in [1.29, 1.82) is 0 Å². The highest BCUT2D eigenvalue weighted by atomic mass is 16.6. The van der Waals surface area contributed by atoms with Crippen molar-refractivity contribution in [3.05, 3.63) is 0 Å². The van der Waals surface area contributed by atoms with Gasteiger partial charge >= 0.3 is 12.0 Å². The van der Waals surface area contributed by atoms with Gasteiger partial charge in [0, 0.05) is 6.54 Å². The van der Waals surface area contributed by atoms with E-state index in [1.165, 1.54) is 4.90 Å². The van der Waals surface area contributed by atoms with Crippen LogP contribution in [0.3, 0.4) is 0 Å². The van der Waals surface area contributed by atoms with Crippen LogP contribution in [0.1, 0.15) is 6.92 Å². The summed E-state index contributed by atoms with van der Waals surface area (Å²) in [6.45, 7) is 2.92. The predicted octanol–water partition coefficient (Wildman–Crippen LogP) is -0.671. The maximum absolute atomic E-state index is 11.2. The normalized spacial score (nSPS) is 21.8. The van der Waals surface area contributed by atoms with Crippen molar-refractivity contribution in [3.8, 4) is 0 Å². The van der Waals surface area contributed by atoms with E-state index in [0.717, 1.165) is 0 Å².